The molecule has 0 heterocycles. The average molecular weight is 188 g/mol. The van der Waals surface area contributed by atoms with Gasteiger partial charge in [-0.3, -0.25) is 4.79 Å². The van der Waals surface area contributed by atoms with Crippen LogP contribution in [0.2, 0.25) is 0 Å². The van der Waals surface area contributed by atoms with Crippen molar-refractivity contribution in [3.05, 3.63) is 0 Å². The Hall–Kier alpha value is 0.0200. The summed E-state index contributed by atoms with van der Waals surface area (Å²) < 4.78 is 0.181. The molecule has 72 valence electrons. The van der Waals surface area contributed by atoms with Crippen LogP contribution in [0.3, 0.4) is 0 Å². The van der Waals surface area contributed by atoms with E-state index in [0.717, 1.165) is 0 Å². The molecular formula is C10H20OS. The van der Waals surface area contributed by atoms with Crippen molar-refractivity contribution >= 4 is 17.5 Å². The molecule has 1 nitrogen and oxygen atoms in total. The van der Waals surface area contributed by atoms with Gasteiger partial charge in [-0.05, 0) is 12.8 Å². The number of hydrogen-bond acceptors (Lipinski definition) is 2. The minimum Gasteiger partial charge on any atom is -0.299 e. The largest absolute Gasteiger partial charge is 0.299 e. The van der Waals surface area contributed by atoms with Crippen LogP contribution in [0.4, 0.5) is 0 Å². The van der Waals surface area contributed by atoms with Crippen molar-refractivity contribution in [3.8, 4) is 0 Å². The monoisotopic (exact) mass is 188 g/mol. The summed E-state index contributed by atoms with van der Waals surface area (Å²) in [6.07, 6.45) is 0. The highest BCUT2D eigenvalue weighted by atomic mass is 32.2. The molecule has 0 rings (SSSR count). The summed E-state index contributed by atoms with van der Waals surface area (Å²) in [5, 5.41) is 0.157. The number of hydrogen-bond donors (Lipinski definition) is 0. The minimum absolute atomic E-state index is 0.157. The van der Waals surface area contributed by atoms with Gasteiger partial charge in [-0.2, -0.15) is 0 Å². The molecule has 12 heavy (non-hydrogen) atoms. The third-order valence-electron chi connectivity index (χ3n) is 1.49. The molecule has 0 aliphatic carbocycles. The van der Waals surface area contributed by atoms with Gasteiger partial charge in [-0.25, -0.2) is 0 Å². The van der Waals surface area contributed by atoms with Gasteiger partial charge in [-0.1, -0.05) is 34.6 Å². The van der Waals surface area contributed by atoms with E-state index in [-0.39, 0.29) is 10.00 Å². The lowest BCUT2D eigenvalue weighted by molar-refractivity contribution is -0.117. The number of carbonyl (C=O) groups excluding carboxylic acids is 1. The zero-order valence-corrected chi connectivity index (χ0v) is 9.79. The van der Waals surface area contributed by atoms with Crippen LogP contribution in [0.5, 0.6) is 0 Å². The second-order valence-electron chi connectivity index (χ2n) is 4.51. The summed E-state index contributed by atoms with van der Waals surface area (Å²) in [5.74, 6) is 0.733. The van der Waals surface area contributed by atoms with Crippen LogP contribution >= 0.6 is 11.8 Å². The lowest BCUT2D eigenvalue weighted by Gasteiger charge is -2.26. The Morgan fingerprint density at radius 2 is 1.67 bits per heavy atom. The Morgan fingerprint density at radius 3 is 1.75 bits per heavy atom. The molecule has 0 saturated heterocycles. The Kier molecular flexibility index (Phi) is 4.32. The molecule has 0 spiro atoms. The van der Waals surface area contributed by atoms with Crippen LogP contribution < -0.4 is 0 Å². The lowest BCUT2D eigenvalue weighted by Crippen LogP contribution is -2.26. The van der Waals surface area contributed by atoms with Gasteiger partial charge < -0.3 is 0 Å². The summed E-state index contributed by atoms with van der Waals surface area (Å²) in [4.78, 5) is 11.2. The van der Waals surface area contributed by atoms with E-state index in [1.54, 1.807) is 18.7 Å². The normalized spacial score (nSPS) is 14.9. The van der Waals surface area contributed by atoms with E-state index in [9.17, 15) is 4.79 Å². The van der Waals surface area contributed by atoms with Crippen LogP contribution in [-0.4, -0.2) is 15.8 Å². The van der Waals surface area contributed by atoms with Gasteiger partial charge >= 0.3 is 0 Å². The van der Waals surface area contributed by atoms with Gasteiger partial charge in [0.15, 0.2) is 0 Å². The summed E-state index contributed by atoms with van der Waals surface area (Å²) in [6, 6.07) is 0. The molecule has 0 aliphatic rings. The first-order chi connectivity index (χ1) is 5.24. The fraction of sp³-hybridized carbons (Fsp3) is 0.900. The molecule has 0 aromatic carbocycles. The maximum atomic E-state index is 11.2. The number of thioether (sulfide) groups is 1. The first kappa shape index (κ1) is 12.0. The Balaban J connectivity index is 4.25. The Morgan fingerprint density at radius 1 is 1.25 bits per heavy atom. The third kappa shape index (κ3) is 4.81. The van der Waals surface area contributed by atoms with Crippen molar-refractivity contribution in [1.82, 2.24) is 0 Å². The van der Waals surface area contributed by atoms with Crippen molar-refractivity contribution in [1.29, 1.82) is 0 Å². The Labute approximate surface area is 80.3 Å². The summed E-state index contributed by atoms with van der Waals surface area (Å²) in [5.41, 5.74) is 0. The van der Waals surface area contributed by atoms with Crippen LogP contribution in [-0.2, 0) is 4.79 Å². The SMILES string of the molecule is CC(=O)C(SC(C)(C)C)C(C)C. The van der Waals surface area contributed by atoms with Crippen molar-refractivity contribution in [2.45, 2.75) is 51.5 Å². The molecule has 1 atom stereocenters. The zero-order valence-electron chi connectivity index (χ0n) is 8.97. The maximum Gasteiger partial charge on any atom is 0.143 e. The molecule has 0 aromatic rings. The molecule has 0 bridgehead atoms. The molecule has 0 saturated carbocycles. The third-order valence-corrected chi connectivity index (χ3v) is 3.32. The van der Waals surface area contributed by atoms with E-state index >= 15 is 0 Å². The quantitative estimate of drug-likeness (QED) is 0.677. The molecule has 0 amide bonds. The molecule has 1 unspecified atom stereocenters. The van der Waals surface area contributed by atoms with Gasteiger partial charge in [-0.15, -0.1) is 11.8 Å². The molecular weight excluding hydrogens is 168 g/mol. The number of Topliss-reactive ketones (excluding diaryl/α,β-unsaturated/α-hetero) is 1. The fourth-order valence-corrected chi connectivity index (χ4v) is 2.27. The topological polar surface area (TPSA) is 17.1 Å². The van der Waals surface area contributed by atoms with Crippen molar-refractivity contribution in [3.63, 3.8) is 0 Å². The summed E-state index contributed by atoms with van der Waals surface area (Å²) >= 11 is 1.77. The first-order valence-corrected chi connectivity index (χ1v) is 5.30. The molecule has 0 fully saturated rings. The van der Waals surface area contributed by atoms with Crippen molar-refractivity contribution < 1.29 is 4.79 Å². The van der Waals surface area contributed by atoms with Gasteiger partial charge in [0.25, 0.3) is 0 Å². The highest BCUT2D eigenvalue weighted by Crippen LogP contribution is 2.32. The number of ketones is 1. The lowest BCUT2D eigenvalue weighted by atomic mass is 10.1. The average Bonchev–Trinajstić information content (AvgIpc) is 1.79. The van der Waals surface area contributed by atoms with Gasteiger partial charge in [0.1, 0.15) is 5.78 Å². The minimum atomic E-state index is 0.157. The number of carbonyl (C=O) groups is 1. The van der Waals surface area contributed by atoms with Gasteiger partial charge in [0.05, 0.1) is 5.25 Å². The molecule has 0 N–H and O–H groups in total. The second kappa shape index (κ2) is 4.31. The van der Waals surface area contributed by atoms with E-state index in [1.165, 1.54) is 0 Å². The number of rotatable bonds is 3. The van der Waals surface area contributed by atoms with E-state index in [0.29, 0.717) is 11.7 Å². The molecule has 0 aliphatic heterocycles. The van der Waals surface area contributed by atoms with Crippen LogP contribution in [0.25, 0.3) is 0 Å². The summed E-state index contributed by atoms with van der Waals surface area (Å²) in [6.45, 7) is 12.3. The zero-order chi connectivity index (χ0) is 9.94. The van der Waals surface area contributed by atoms with E-state index in [1.807, 2.05) is 0 Å². The highest BCUT2D eigenvalue weighted by molar-refractivity contribution is 8.01. The maximum absolute atomic E-state index is 11.2. The standard InChI is InChI=1S/C10H20OS/c1-7(2)9(8(3)11)12-10(4,5)6/h7,9H,1-6H3. The van der Waals surface area contributed by atoms with E-state index in [2.05, 4.69) is 34.6 Å². The molecule has 0 aromatic heterocycles. The van der Waals surface area contributed by atoms with Crippen LogP contribution in [0, 0.1) is 5.92 Å². The predicted molar refractivity (Wildman–Crippen MR) is 56.7 cm³/mol. The van der Waals surface area contributed by atoms with Gasteiger partial charge in [0.2, 0.25) is 0 Å². The van der Waals surface area contributed by atoms with Gasteiger partial charge in [0, 0.05) is 4.75 Å². The van der Waals surface area contributed by atoms with Crippen molar-refractivity contribution in [2.24, 2.45) is 5.92 Å². The Bertz CT molecular complexity index is 156. The molecule has 2 heteroatoms. The smallest absolute Gasteiger partial charge is 0.143 e. The van der Waals surface area contributed by atoms with Crippen LogP contribution in [0.1, 0.15) is 41.5 Å². The predicted octanol–water partition coefficient (Wildman–Crippen LogP) is 3.13. The van der Waals surface area contributed by atoms with E-state index < -0.39 is 0 Å². The highest BCUT2D eigenvalue weighted by Gasteiger charge is 2.25. The first-order valence-electron chi connectivity index (χ1n) is 4.42. The molecule has 0 radical (unpaired) electrons. The fourth-order valence-electron chi connectivity index (χ4n) is 1.07. The second-order valence-corrected chi connectivity index (χ2v) is 6.47. The van der Waals surface area contributed by atoms with Crippen molar-refractivity contribution in [2.75, 3.05) is 0 Å². The summed E-state index contributed by atoms with van der Waals surface area (Å²) in [7, 11) is 0. The van der Waals surface area contributed by atoms with E-state index in [4.69, 9.17) is 0 Å². The van der Waals surface area contributed by atoms with Crippen LogP contribution in [0.15, 0.2) is 0 Å².